The van der Waals surface area contributed by atoms with Gasteiger partial charge < -0.3 is 14.4 Å². The Morgan fingerprint density at radius 3 is 1.91 bits per heavy atom. The molecule has 1 aliphatic rings. The van der Waals surface area contributed by atoms with Gasteiger partial charge in [-0.3, -0.25) is 0 Å². The van der Waals surface area contributed by atoms with Gasteiger partial charge in [0.05, 0.1) is 16.8 Å². The predicted octanol–water partition coefficient (Wildman–Crippen LogP) is 6.38. The first-order chi connectivity index (χ1) is 17.0. The molecule has 1 aliphatic heterocycles. The van der Waals surface area contributed by atoms with Crippen LogP contribution in [0.4, 0.5) is 5.69 Å². The highest BCUT2D eigenvalue weighted by Gasteiger charge is 2.26. The maximum atomic E-state index is 12.9. The molecule has 0 saturated heterocycles. The number of esters is 2. The van der Waals surface area contributed by atoms with E-state index in [2.05, 4.69) is 11.5 Å². The van der Waals surface area contributed by atoms with E-state index in [-0.39, 0.29) is 11.5 Å². The second-order valence-electron chi connectivity index (χ2n) is 8.27. The first-order valence-electron chi connectivity index (χ1n) is 11.2. The number of anilines is 1. The largest absolute Gasteiger partial charge is 0.419 e. The molecule has 0 atom stereocenters. The Labute approximate surface area is 203 Å². The van der Waals surface area contributed by atoms with Crippen LogP contribution in [0.2, 0.25) is 0 Å². The van der Waals surface area contributed by atoms with Crippen LogP contribution in [-0.4, -0.2) is 19.0 Å². The lowest BCUT2D eigenvalue weighted by Gasteiger charge is -2.31. The molecule has 4 aromatic rings. The summed E-state index contributed by atoms with van der Waals surface area (Å²) in [6.45, 7) is 4.54. The van der Waals surface area contributed by atoms with Gasteiger partial charge in [0.2, 0.25) is 0 Å². The molecule has 0 fully saturated rings. The summed E-state index contributed by atoms with van der Waals surface area (Å²) in [6, 6.07) is 27.0. The molecular weight excluding hydrogens is 438 g/mol. The molecule has 5 rings (SSSR count). The molecule has 0 aliphatic carbocycles. The summed E-state index contributed by atoms with van der Waals surface area (Å²) in [5, 5.41) is 0. The minimum Gasteiger partial charge on any atom is -0.419 e. The molecule has 0 bridgehead atoms. The van der Waals surface area contributed by atoms with Crippen molar-refractivity contribution in [2.24, 2.45) is 0 Å². The molecule has 4 aromatic carbocycles. The van der Waals surface area contributed by atoms with Crippen molar-refractivity contribution in [1.29, 1.82) is 0 Å². The number of ether oxygens (including phenoxy) is 2. The summed E-state index contributed by atoms with van der Waals surface area (Å²) in [5.74, 6) is -0.684. The highest BCUT2D eigenvalue weighted by molar-refractivity contribution is 5.95. The summed E-state index contributed by atoms with van der Waals surface area (Å²) in [4.78, 5) is 27.9. The van der Waals surface area contributed by atoms with E-state index in [1.807, 2.05) is 43.5 Å². The van der Waals surface area contributed by atoms with Crippen LogP contribution in [0.3, 0.4) is 0 Å². The molecule has 5 heteroatoms. The Morgan fingerprint density at radius 2 is 1.34 bits per heavy atom. The number of nitrogens with zero attached hydrogens (tertiary/aromatic N) is 1. The van der Waals surface area contributed by atoms with Gasteiger partial charge in [0.15, 0.2) is 11.5 Å². The number of carbonyl (C=O) groups excluding carboxylic acids is 2. The average Bonchev–Trinajstić information content (AvgIpc) is 2.90. The number of benzene rings is 4. The molecule has 35 heavy (non-hydrogen) atoms. The summed E-state index contributed by atoms with van der Waals surface area (Å²) in [6.07, 6.45) is 1.83. The van der Waals surface area contributed by atoms with Crippen LogP contribution in [0.5, 0.6) is 11.5 Å². The zero-order valence-corrected chi connectivity index (χ0v) is 19.2. The van der Waals surface area contributed by atoms with Crippen LogP contribution < -0.4 is 14.4 Å². The number of rotatable bonds is 5. The molecule has 0 N–H and O–H groups in total. The van der Waals surface area contributed by atoms with E-state index in [4.69, 9.17) is 9.47 Å². The van der Waals surface area contributed by atoms with Crippen molar-refractivity contribution in [3.63, 3.8) is 0 Å². The van der Waals surface area contributed by atoms with Crippen molar-refractivity contribution >= 4 is 23.7 Å². The lowest BCUT2D eigenvalue weighted by molar-refractivity contribution is 0.0682. The Kier molecular flexibility index (Phi) is 5.90. The van der Waals surface area contributed by atoms with E-state index in [9.17, 15) is 9.59 Å². The fourth-order valence-electron chi connectivity index (χ4n) is 4.31. The Hall–Kier alpha value is -4.64. The van der Waals surface area contributed by atoms with Gasteiger partial charge in [0, 0.05) is 19.2 Å². The van der Waals surface area contributed by atoms with Gasteiger partial charge in [-0.25, -0.2) is 9.59 Å². The Bertz CT molecular complexity index is 1430. The first kappa shape index (κ1) is 22.2. The maximum Gasteiger partial charge on any atom is 0.343 e. The van der Waals surface area contributed by atoms with E-state index < -0.39 is 11.9 Å². The average molecular weight is 462 g/mol. The topological polar surface area (TPSA) is 55.8 Å². The minimum atomic E-state index is -0.532. The third-order valence-corrected chi connectivity index (χ3v) is 5.96. The number of hydrogen-bond acceptors (Lipinski definition) is 5. The second kappa shape index (κ2) is 9.31. The number of carbonyl (C=O) groups is 2. The number of para-hydroxylation sites is 1. The highest BCUT2D eigenvalue weighted by Crippen LogP contribution is 2.45. The zero-order chi connectivity index (χ0) is 24.4. The van der Waals surface area contributed by atoms with Crippen LogP contribution in [0, 0.1) is 0 Å². The summed E-state index contributed by atoms with van der Waals surface area (Å²) < 4.78 is 11.5. The van der Waals surface area contributed by atoms with Crippen LogP contribution in [0.1, 0.15) is 31.8 Å². The van der Waals surface area contributed by atoms with Crippen LogP contribution in [0.25, 0.3) is 17.2 Å². The predicted molar refractivity (Wildman–Crippen MR) is 137 cm³/mol. The van der Waals surface area contributed by atoms with E-state index in [0.29, 0.717) is 17.7 Å². The molecule has 0 amide bonds. The Balaban J connectivity index is 1.61. The molecular formula is C30H23NO4. The van der Waals surface area contributed by atoms with E-state index in [0.717, 1.165) is 27.9 Å². The second-order valence-corrected chi connectivity index (χ2v) is 8.27. The normalized spacial score (nSPS) is 11.7. The molecule has 0 saturated carbocycles. The lowest BCUT2D eigenvalue weighted by Crippen LogP contribution is -2.23. The van der Waals surface area contributed by atoms with E-state index in [1.54, 1.807) is 60.7 Å². The van der Waals surface area contributed by atoms with Gasteiger partial charge in [-0.2, -0.15) is 0 Å². The van der Waals surface area contributed by atoms with Crippen molar-refractivity contribution in [2.45, 2.75) is 6.54 Å². The third-order valence-electron chi connectivity index (χ3n) is 5.96. The third kappa shape index (κ3) is 4.32. The number of fused-ring (bicyclic) bond motifs is 3. The van der Waals surface area contributed by atoms with Gasteiger partial charge in [-0.1, -0.05) is 67.3 Å². The van der Waals surface area contributed by atoms with Crippen LogP contribution >= 0.6 is 0 Å². The van der Waals surface area contributed by atoms with Gasteiger partial charge in [0.1, 0.15) is 0 Å². The standard InChI is InChI=1S/C30H23NO4/c1-3-20-15-10-16-24-25-18-27(35-30(33)22-13-8-5-9-14-22)26(17-23(25)19-31(2)28(20)24)34-29(32)21-11-6-4-7-12-21/h3-18H,1,19H2,2H3. The lowest BCUT2D eigenvalue weighted by atomic mass is 9.91. The molecule has 0 spiro atoms. The number of hydrogen-bond donors (Lipinski definition) is 0. The molecule has 0 unspecified atom stereocenters. The fraction of sp³-hybridized carbons (Fsp3) is 0.0667. The van der Waals surface area contributed by atoms with Crippen LogP contribution in [-0.2, 0) is 6.54 Å². The molecule has 1 heterocycles. The van der Waals surface area contributed by atoms with E-state index >= 15 is 0 Å². The fourth-order valence-corrected chi connectivity index (χ4v) is 4.31. The summed E-state index contributed by atoms with van der Waals surface area (Å²) in [5.41, 5.74) is 5.73. The molecule has 0 radical (unpaired) electrons. The van der Waals surface area contributed by atoms with Crippen molar-refractivity contribution in [1.82, 2.24) is 0 Å². The zero-order valence-electron chi connectivity index (χ0n) is 19.2. The van der Waals surface area contributed by atoms with Gasteiger partial charge in [-0.15, -0.1) is 0 Å². The monoisotopic (exact) mass is 461 g/mol. The Morgan fingerprint density at radius 1 is 0.771 bits per heavy atom. The molecule has 172 valence electrons. The summed E-state index contributed by atoms with van der Waals surface area (Å²) >= 11 is 0. The van der Waals surface area contributed by atoms with Gasteiger partial charge in [-0.05, 0) is 53.1 Å². The van der Waals surface area contributed by atoms with Crippen molar-refractivity contribution in [2.75, 3.05) is 11.9 Å². The first-order valence-corrected chi connectivity index (χ1v) is 11.2. The van der Waals surface area contributed by atoms with E-state index in [1.165, 1.54) is 0 Å². The quantitative estimate of drug-likeness (QED) is 0.255. The smallest absolute Gasteiger partial charge is 0.343 e. The minimum absolute atomic E-state index is 0.182. The summed E-state index contributed by atoms with van der Waals surface area (Å²) in [7, 11) is 2.01. The van der Waals surface area contributed by atoms with Crippen LogP contribution in [0.15, 0.2) is 97.6 Å². The maximum absolute atomic E-state index is 12.9. The highest BCUT2D eigenvalue weighted by atomic mass is 16.6. The van der Waals surface area contributed by atoms with Crippen molar-refractivity contribution < 1.29 is 19.1 Å². The molecule has 0 aromatic heterocycles. The van der Waals surface area contributed by atoms with Gasteiger partial charge in [0.25, 0.3) is 0 Å². The van der Waals surface area contributed by atoms with Crippen molar-refractivity contribution in [3.05, 3.63) is 120 Å². The van der Waals surface area contributed by atoms with Crippen molar-refractivity contribution in [3.8, 4) is 22.6 Å². The molecule has 5 nitrogen and oxygen atoms in total. The SMILES string of the molecule is C=Cc1cccc2c1N(C)Cc1cc(OC(=O)c3ccccc3)c(OC(=O)c3ccccc3)cc1-2. The van der Waals surface area contributed by atoms with Gasteiger partial charge >= 0.3 is 11.9 Å².